The van der Waals surface area contributed by atoms with Gasteiger partial charge in [-0.2, -0.15) is 0 Å². The summed E-state index contributed by atoms with van der Waals surface area (Å²) >= 11 is 0. The van der Waals surface area contributed by atoms with E-state index in [1.54, 1.807) is 18.5 Å². The lowest BCUT2D eigenvalue weighted by Gasteiger charge is -2.32. The second-order valence-corrected chi connectivity index (χ2v) is 9.05. The van der Waals surface area contributed by atoms with Gasteiger partial charge in [0.15, 0.2) is 18.2 Å². The van der Waals surface area contributed by atoms with Crippen molar-refractivity contribution >= 4 is 17.3 Å². The summed E-state index contributed by atoms with van der Waals surface area (Å²) in [5, 5.41) is 6.49. The lowest BCUT2D eigenvalue weighted by atomic mass is 9.90. The highest BCUT2D eigenvalue weighted by molar-refractivity contribution is 6.11. The largest absolute Gasteiger partial charge is 0.389 e. The lowest BCUT2D eigenvalue weighted by Crippen LogP contribution is -2.32. The number of aromatic nitrogens is 2. The van der Waals surface area contributed by atoms with E-state index in [4.69, 9.17) is 4.84 Å². The van der Waals surface area contributed by atoms with E-state index in [1.165, 1.54) is 13.0 Å². The maximum absolute atomic E-state index is 13.8. The van der Waals surface area contributed by atoms with Crippen LogP contribution in [0.5, 0.6) is 0 Å². The molecule has 0 aliphatic carbocycles. The number of anilines is 1. The van der Waals surface area contributed by atoms with Crippen LogP contribution in [-0.2, 0) is 16.2 Å². The maximum Gasteiger partial charge on any atom is 0.274 e. The summed E-state index contributed by atoms with van der Waals surface area (Å²) in [6.45, 7) is 2.90. The number of oxime groups is 1. The Labute approximate surface area is 217 Å². The SMILES string of the molecule is CC(=O)Nc1cncc(C2CCN(Cc3ccc(/C(=N/OCC(F)F)c4ccc(F)c(F)c4)nc3)CC2)c1. The zero-order chi connectivity index (χ0) is 27.1. The van der Waals surface area contributed by atoms with Crippen LogP contribution >= 0.6 is 0 Å². The number of benzene rings is 1. The fraction of sp³-hybridized carbons (Fsp3) is 0.333. The smallest absolute Gasteiger partial charge is 0.274 e. The molecule has 1 N–H and O–H groups in total. The summed E-state index contributed by atoms with van der Waals surface area (Å²) in [6, 6.07) is 8.57. The average molecular weight is 530 g/mol. The van der Waals surface area contributed by atoms with Gasteiger partial charge in [-0.3, -0.25) is 19.7 Å². The van der Waals surface area contributed by atoms with Crippen molar-refractivity contribution in [1.29, 1.82) is 0 Å². The number of hydrogen-bond donors (Lipinski definition) is 1. The number of nitrogens with one attached hydrogen (secondary N) is 1. The normalized spacial score (nSPS) is 15.1. The Morgan fingerprint density at radius 2 is 1.89 bits per heavy atom. The summed E-state index contributed by atoms with van der Waals surface area (Å²) in [5.74, 6) is -1.93. The number of pyridine rings is 2. The second-order valence-electron chi connectivity index (χ2n) is 9.05. The van der Waals surface area contributed by atoms with Gasteiger partial charge in [-0.25, -0.2) is 17.6 Å². The molecule has 11 heteroatoms. The van der Waals surface area contributed by atoms with Crippen molar-refractivity contribution in [3.63, 3.8) is 0 Å². The quantitative estimate of drug-likeness (QED) is 0.236. The van der Waals surface area contributed by atoms with E-state index in [1.807, 2.05) is 18.3 Å². The molecule has 0 atom stereocenters. The first-order valence-electron chi connectivity index (χ1n) is 12.1. The third-order valence-electron chi connectivity index (χ3n) is 6.16. The zero-order valence-electron chi connectivity index (χ0n) is 20.7. The minimum Gasteiger partial charge on any atom is -0.389 e. The number of alkyl halides is 2. The van der Waals surface area contributed by atoms with Crippen molar-refractivity contribution in [2.24, 2.45) is 5.16 Å². The van der Waals surface area contributed by atoms with Crippen LogP contribution in [0.15, 0.2) is 60.1 Å². The summed E-state index contributed by atoms with van der Waals surface area (Å²) in [5.41, 5.74) is 3.16. The summed E-state index contributed by atoms with van der Waals surface area (Å²) < 4.78 is 52.2. The first-order valence-corrected chi connectivity index (χ1v) is 12.1. The number of carbonyl (C=O) groups excluding carboxylic acids is 1. The van der Waals surface area contributed by atoms with Crippen LogP contribution in [0.1, 0.15) is 48.1 Å². The number of amides is 1. The van der Waals surface area contributed by atoms with E-state index >= 15 is 0 Å². The first-order chi connectivity index (χ1) is 18.3. The number of nitrogens with zero attached hydrogens (tertiary/aromatic N) is 4. The van der Waals surface area contributed by atoms with Crippen molar-refractivity contribution in [1.82, 2.24) is 14.9 Å². The van der Waals surface area contributed by atoms with Crippen LogP contribution in [0.25, 0.3) is 0 Å². The number of carbonyl (C=O) groups is 1. The van der Waals surface area contributed by atoms with E-state index in [0.29, 0.717) is 18.2 Å². The van der Waals surface area contributed by atoms with Crippen LogP contribution in [0.4, 0.5) is 23.2 Å². The summed E-state index contributed by atoms with van der Waals surface area (Å²) in [6.07, 6.45) is 4.25. The van der Waals surface area contributed by atoms with Gasteiger partial charge >= 0.3 is 0 Å². The highest BCUT2D eigenvalue weighted by Crippen LogP contribution is 2.29. The molecule has 3 heterocycles. The molecule has 1 saturated heterocycles. The third-order valence-corrected chi connectivity index (χ3v) is 6.16. The molecule has 0 spiro atoms. The number of hydrogen-bond acceptors (Lipinski definition) is 6. The first kappa shape index (κ1) is 27.2. The van der Waals surface area contributed by atoms with Crippen molar-refractivity contribution in [3.05, 3.63) is 89.0 Å². The van der Waals surface area contributed by atoms with Crippen molar-refractivity contribution in [2.75, 3.05) is 25.0 Å². The molecule has 1 fully saturated rings. The van der Waals surface area contributed by atoms with E-state index < -0.39 is 24.7 Å². The maximum atomic E-state index is 13.8. The molecule has 0 saturated carbocycles. The van der Waals surface area contributed by atoms with Gasteiger partial charge in [-0.05, 0) is 73.3 Å². The van der Waals surface area contributed by atoms with Crippen LogP contribution in [0, 0.1) is 11.6 Å². The van der Waals surface area contributed by atoms with Gasteiger partial charge in [0.1, 0.15) is 5.71 Å². The van der Waals surface area contributed by atoms with E-state index in [2.05, 4.69) is 25.3 Å². The Morgan fingerprint density at radius 1 is 1.11 bits per heavy atom. The Bertz CT molecular complexity index is 1280. The minimum atomic E-state index is -2.73. The van der Waals surface area contributed by atoms with Gasteiger partial charge in [0.2, 0.25) is 5.91 Å². The topological polar surface area (TPSA) is 79.7 Å². The highest BCUT2D eigenvalue weighted by atomic mass is 19.3. The van der Waals surface area contributed by atoms with E-state index in [-0.39, 0.29) is 22.9 Å². The molecule has 4 rings (SSSR count). The standard InChI is InChI=1S/C27H27F4N5O2/c1-17(37)34-22-10-21(13-32-14-22)19-6-8-36(9-7-19)15-18-2-5-25(33-12-18)27(35-38-16-26(30)31)20-3-4-23(28)24(29)11-20/h2-5,10-14,19,26H,6-9,15-16H2,1H3,(H,34,37)/b35-27+. The molecule has 7 nitrogen and oxygen atoms in total. The van der Waals surface area contributed by atoms with Crippen molar-refractivity contribution in [3.8, 4) is 0 Å². The molecule has 38 heavy (non-hydrogen) atoms. The molecule has 0 bridgehead atoms. The van der Waals surface area contributed by atoms with E-state index in [0.717, 1.165) is 49.2 Å². The lowest BCUT2D eigenvalue weighted by molar-refractivity contribution is -0.114. The molecule has 200 valence electrons. The molecule has 1 aliphatic heterocycles. The third kappa shape index (κ3) is 7.34. The molecule has 1 aliphatic rings. The number of likely N-dealkylation sites (tertiary alicyclic amines) is 1. The molecule has 1 aromatic carbocycles. The molecule has 3 aromatic rings. The Morgan fingerprint density at radius 3 is 2.55 bits per heavy atom. The molecule has 2 aromatic heterocycles. The average Bonchev–Trinajstić information content (AvgIpc) is 2.89. The summed E-state index contributed by atoms with van der Waals surface area (Å²) in [7, 11) is 0. The molecular weight excluding hydrogens is 502 g/mol. The molecule has 1 amide bonds. The van der Waals surface area contributed by atoms with Gasteiger partial charge in [0, 0.05) is 31.4 Å². The highest BCUT2D eigenvalue weighted by Gasteiger charge is 2.22. The molecule has 0 radical (unpaired) electrons. The molecule has 0 unspecified atom stereocenters. The van der Waals surface area contributed by atoms with Crippen LogP contribution in [0.3, 0.4) is 0 Å². The second kappa shape index (κ2) is 12.6. The van der Waals surface area contributed by atoms with Crippen LogP contribution in [-0.4, -0.2) is 52.6 Å². The van der Waals surface area contributed by atoms with Gasteiger partial charge in [0.05, 0.1) is 17.6 Å². The minimum absolute atomic E-state index is 0.0204. The van der Waals surface area contributed by atoms with Gasteiger partial charge < -0.3 is 10.2 Å². The predicted molar refractivity (Wildman–Crippen MR) is 134 cm³/mol. The van der Waals surface area contributed by atoms with Gasteiger partial charge in [-0.1, -0.05) is 11.2 Å². The Hall–Kier alpha value is -3.86. The van der Waals surface area contributed by atoms with Crippen molar-refractivity contribution in [2.45, 2.75) is 38.7 Å². The zero-order valence-corrected chi connectivity index (χ0v) is 20.7. The Kier molecular flexibility index (Phi) is 9.01. The Balaban J connectivity index is 1.40. The van der Waals surface area contributed by atoms with Crippen LogP contribution < -0.4 is 5.32 Å². The monoisotopic (exact) mass is 529 g/mol. The van der Waals surface area contributed by atoms with Crippen LogP contribution in [0.2, 0.25) is 0 Å². The molecular formula is C27H27F4N5O2. The van der Waals surface area contributed by atoms with Gasteiger partial charge in [-0.15, -0.1) is 0 Å². The van der Waals surface area contributed by atoms with Gasteiger partial charge in [0.25, 0.3) is 6.43 Å². The summed E-state index contributed by atoms with van der Waals surface area (Å²) in [4.78, 5) is 27.0. The fourth-order valence-electron chi connectivity index (χ4n) is 4.34. The number of piperidine rings is 1. The number of rotatable bonds is 9. The predicted octanol–water partition coefficient (Wildman–Crippen LogP) is 5.13. The van der Waals surface area contributed by atoms with Crippen molar-refractivity contribution < 1.29 is 27.2 Å². The fourth-order valence-corrected chi connectivity index (χ4v) is 4.34. The van der Waals surface area contributed by atoms with E-state index in [9.17, 15) is 22.4 Å². The number of halogens is 4.